The first-order valence-corrected chi connectivity index (χ1v) is 4.98. The molecule has 0 aliphatic rings. The van der Waals surface area contributed by atoms with Gasteiger partial charge in [-0.25, -0.2) is 4.98 Å². The summed E-state index contributed by atoms with van der Waals surface area (Å²) >= 11 is 1.64. The minimum atomic E-state index is -0.494. The van der Waals surface area contributed by atoms with E-state index in [2.05, 4.69) is 4.98 Å². The van der Waals surface area contributed by atoms with E-state index in [4.69, 9.17) is 5.73 Å². The van der Waals surface area contributed by atoms with E-state index in [-0.39, 0.29) is 0 Å². The van der Waals surface area contributed by atoms with E-state index in [0.717, 1.165) is 0 Å². The van der Waals surface area contributed by atoms with Crippen molar-refractivity contribution in [3.63, 3.8) is 0 Å². The number of nitrogens with zero attached hydrogens (tertiary/aromatic N) is 2. The standard InChI is InChI=1S/C9H9N3OS/c10-8(13)9-11-3-4-12(9)6-7-2-1-5-14-7/h1-5H,6H2,(H2,10,13). The van der Waals surface area contributed by atoms with Gasteiger partial charge in [0.05, 0.1) is 6.54 Å². The Morgan fingerprint density at radius 3 is 3.14 bits per heavy atom. The van der Waals surface area contributed by atoms with Crippen molar-refractivity contribution in [1.29, 1.82) is 0 Å². The van der Waals surface area contributed by atoms with Crippen LogP contribution in [0.5, 0.6) is 0 Å². The van der Waals surface area contributed by atoms with Crippen molar-refractivity contribution < 1.29 is 4.79 Å². The van der Waals surface area contributed by atoms with Gasteiger partial charge in [0.15, 0.2) is 5.82 Å². The van der Waals surface area contributed by atoms with E-state index in [1.807, 2.05) is 17.5 Å². The molecule has 4 nitrogen and oxygen atoms in total. The summed E-state index contributed by atoms with van der Waals surface area (Å²) in [6.07, 6.45) is 3.33. The van der Waals surface area contributed by atoms with Gasteiger partial charge in [0.25, 0.3) is 5.91 Å². The van der Waals surface area contributed by atoms with E-state index in [9.17, 15) is 4.79 Å². The lowest BCUT2D eigenvalue weighted by atomic mass is 10.4. The fraction of sp³-hybridized carbons (Fsp3) is 0.111. The molecule has 2 rings (SSSR count). The van der Waals surface area contributed by atoms with Crippen LogP contribution in [-0.2, 0) is 6.54 Å². The lowest BCUT2D eigenvalue weighted by Gasteiger charge is -2.02. The van der Waals surface area contributed by atoms with Gasteiger partial charge in [-0.05, 0) is 11.4 Å². The molecule has 0 aliphatic carbocycles. The third-order valence-corrected chi connectivity index (χ3v) is 2.70. The summed E-state index contributed by atoms with van der Waals surface area (Å²) in [7, 11) is 0. The van der Waals surface area contributed by atoms with Crippen molar-refractivity contribution in [2.45, 2.75) is 6.54 Å². The highest BCUT2D eigenvalue weighted by Gasteiger charge is 2.08. The molecular weight excluding hydrogens is 198 g/mol. The molecule has 5 heteroatoms. The normalized spacial score (nSPS) is 10.3. The quantitative estimate of drug-likeness (QED) is 0.819. The maximum Gasteiger partial charge on any atom is 0.284 e. The molecule has 72 valence electrons. The number of carbonyl (C=O) groups is 1. The number of imidazole rings is 1. The summed E-state index contributed by atoms with van der Waals surface area (Å²) in [4.78, 5) is 16.0. The van der Waals surface area contributed by atoms with Gasteiger partial charge in [0.1, 0.15) is 0 Å². The van der Waals surface area contributed by atoms with Crippen LogP contribution in [0, 0.1) is 0 Å². The van der Waals surface area contributed by atoms with Crippen LogP contribution in [0.25, 0.3) is 0 Å². The molecule has 0 unspecified atom stereocenters. The summed E-state index contributed by atoms with van der Waals surface area (Å²) in [5.41, 5.74) is 5.17. The van der Waals surface area contributed by atoms with Crippen LogP contribution in [0.1, 0.15) is 15.5 Å². The molecule has 2 N–H and O–H groups in total. The van der Waals surface area contributed by atoms with Crippen molar-refractivity contribution in [3.8, 4) is 0 Å². The van der Waals surface area contributed by atoms with Crippen LogP contribution in [0.3, 0.4) is 0 Å². The molecule has 0 aliphatic heterocycles. The zero-order valence-electron chi connectivity index (χ0n) is 7.38. The van der Waals surface area contributed by atoms with Gasteiger partial charge in [-0.3, -0.25) is 4.79 Å². The molecule has 14 heavy (non-hydrogen) atoms. The second-order valence-electron chi connectivity index (χ2n) is 2.82. The molecule has 2 heterocycles. The van der Waals surface area contributed by atoms with Gasteiger partial charge >= 0.3 is 0 Å². The van der Waals surface area contributed by atoms with Crippen LogP contribution in [0.15, 0.2) is 29.9 Å². The second kappa shape index (κ2) is 3.63. The van der Waals surface area contributed by atoms with Gasteiger partial charge in [0.2, 0.25) is 0 Å². The summed E-state index contributed by atoms with van der Waals surface area (Å²) in [5.74, 6) is -0.190. The zero-order chi connectivity index (χ0) is 9.97. The summed E-state index contributed by atoms with van der Waals surface area (Å²) in [6.45, 7) is 0.649. The number of hydrogen-bond acceptors (Lipinski definition) is 3. The first kappa shape index (κ1) is 8.96. The van der Waals surface area contributed by atoms with Crippen molar-refractivity contribution in [3.05, 3.63) is 40.6 Å². The number of aromatic nitrogens is 2. The first-order valence-electron chi connectivity index (χ1n) is 4.10. The molecule has 0 saturated carbocycles. The van der Waals surface area contributed by atoms with Crippen LogP contribution in [-0.4, -0.2) is 15.5 Å². The molecule has 2 aromatic heterocycles. The van der Waals surface area contributed by atoms with Crippen molar-refractivity contribution in [1.82, 2.24) is 9.55 Å². The van der Waals surface area contributed by atoms with E-state index >= 15 is 0 Å². The third kappa shape index (κ3) is 1.67. The molecule has 0 spiro atoms. The average Bonchev–Trinajstić information content (AvgIpc) is 2.75. The highest BCUT2D eigenvalue weighted by Crippen LogP contribution is 2.11. The van der Waals surface area contributed by atoms with E-state index in [1.165, 1.54) is 4.88 Å². The molecule has 0 atom stereocenters. The van der Waals surface area contributed by atoms with Gasteiger partial charge in [0, 0.05) is 17.3 Å². The van der Waals surface area contributed by atoms with Crippen LogP contribution in [0.4, 0.5) is 0 Å². The largest absolute Gasteiger partial charge is 0.363 e. The molecule has 2 aromatic rings. The predicted molar refractivity (Wildman–Crippen MR) is 54.2 cm³/mol. The maximum atomic E-state index is 11.0. The van der Waals surface area contributed by atoms with Gasteiger partial charge in [-0.2, -0.15) is 0 Å². The third-order valence-electron chi connectivity index (χ3n) is 1.84. The fourth-order valence-corrected chi connectivity index (χ4v) is 1.94. The Balaban J connectivity index is 2.25. The zero-order valence-corrected chi connectivity index (χ0v) is 8.20. The predicted octanol–water partition coefficient (Wildman–Crippen LogP) is 1.09. The van der Waals surface area contributed by atoms with Crippen molar-refractivity contribution >= 4 is 17.2 Å². The number of nitrogens with two attached hydrogens (primary N) is 1. The smallest absolute Gasteiger partial charge is 0.284 e. The minimum Gasteiger partial charge on any atom is -0.363 e. The van der Waals surface area contributed by atoms with E-state index in [0.29, 0.717) is 12.4 Å². The average molecular weight is 207 g/mol. The topological polar surface area (TPSA) is 60.9 Å². The van der Waals surface area contributed by atoms with Crippen molar-refractivity contribution in [2.24, 2.45) is 5.73 Å². The van der Waals surface area contributed by atoms with Gasteiger partial charge in [-0.1, -0.05) is 6.07 Å². The monoisotopic (exact) mass is 207 g/mol. The fourth-order valence-electron chi connectivity index (χ4n) is 1.23. The Hall–Kier alpha value is -1.62. The van der Waals surface area contributed by atoms with Crippen molar-refractivity contribution in [2.75, 3.05) is 0 Å². The summed E-state index contributed by atoms with van der Waals surface area (Å²) in [6, 6.07) is 3.98. The maximum absolute atomic E-state index is 11.0. The number of hydrogen-bond donors (Lipinski definition) is 1. The molecule has 0 aromatic carbocycles. The highest BCUT2D eigenvalue weighted by molar-refractivity contribution is 7.09. The first-order chi connectivity index (χ1) is 6.77. The Labute approximate surface area is 85.0 Å². The van der Waals surface area contributed by atoms with Crippen LogP contribution in [0.2, 0.25) is 0 Å². The molecular formula is C9H9N3OS. The molecule has 0 radical (unpaired) electrons. The molecule has 0 bridgehead atoms. The molecule has 0 saturated heterocycles. The Morgan fingerprint density at radius 2 is 2.50 bits per heavy atom. The SMILES string of the molecule is NC(=O)c1nccn1Cc1cccs1. The van der Waals surface area contributed by atoms with Gasteiger partial charge < -0.3 is 10.3 Å². The van der Waals surface area contributed by atoms with Gasteiger partial charge in [-0.15, -0.1) is 11.3 Å². The number of carbonyl (C=O) groups excluding carboxylic acids is 1. The lowest BCUT2D eigenvalue weighted by molar-refractivity contribution is 0.0987. The molecule has 0 fully saturated rings. The van der Waals surface area contributed by atoms with Crippen LogP contribution < -0.4 is 5.73 Å². The Bertz CT molecular complexity index is 433. The Kier molecular flexibility index (Phi) is 2.32. The minimum absolute atomic E-state index is 0.304. The van der Waals surface area contributed by atoms with Crippen LogP contribution >= 0.6 is 11.3 Å². The van der Waals surface area contributed by atoms with E-state index in [1.54, 1.807) is 28.3 Å². The van der Waals surface area contributed by atoms with E-state index < -0.39 is 5.91 Å². The summed E-state index contributed by atoms with van der Waals surface area (Å²) < 4.78 is 1.74. The number of thiophene rings is 1. The molecule has 1 amide bonds. The lowest BCUT2D eigenvalue weighted by Crippen LogP contribution is -2.18. The number of primary amides is 1. The second-order valence-corrected chi connectivity index (χ2v) is 3.85. The highest BCUT2D eigenvalue weighted by atomic mass is 32.1. The number of amides is 1. The Morgan fingerprint density at radius 1 is 1.64 bits per heavy atom. The number of rotatable bonds is 3. The summed E-state index contributed by atoms with van der Waals surface area (Å²) in [5, 5.41) is 2.00.